The van der Waals surface area contributed by atoms with Crippen LogP contribution in [0, 0.1) is 0 Å². The number of ether oxygens (including phenoxy) is 1. The van der Waals surface area contributed by atoms with E-state index in [1.165, 1.54) is 12.2 Å². The Morgan fingerprint density at radius 3 is 2.89 bits per heavy atom. The van der Waals surface area contributed by atoms with Crippen molar-refractivity contribution in [2.45, 2.75) is 6.61 Å². The molecule has 4 aromatic rings. The molecule has 0 saturated carbocycles. The number of benzene rings is 2. The molecule has 4 rings (SSSR count). The third-order valence-electron chi connectivity index (χ3n) is 3.56. The third kappa shape index (κ3) is 4.04. The average molecular weight is 382 g/mol. The maximum absolute atomic E-state index is 11.8. The van der Waals surface area contributed by atoms with Crippen LogP contribution in [0.15, 0.2) is 63.5 Å². The number of para-hydroxylation sites is 2. The molecule has 0 spiro atoms. The number of esters is 1. The Balaban J connectivity index is 1.36. The monoisotopic (exact) mass is 381 g/mol. The van der Waals surface area contributed by atoms with E-state index < -0.39 is 5.97 Å². The minimum Gasteiger partial charge on any atom is -0.452 e. The van der Waals surface area contributed by atoms with Crippen LogP contribution in [0.5, 0.6) is 0 Å². The lowest BCUT2D eigenvalue weighted by Crippen LogP contribution is -2.01. The summed E-state index contributed by atoms with van der Waals surface area (Å²) in [4.78, 5) is 20.2. The molecule has 0 radical (unpaired) electrons. The van der Waals surface area contributed by atoms with E-state index in [-0.39, 0.29) is 12.5 Å². The van der Waals surface area contributed by atoms with Crippen molar-refractivity contribution >= 4 is 34.7 Å². The first kappa shape index (κ1) is 17.0. The molecule has 0 N–H and O–H groups in total. The molecule has 0 saturated heterocycles. The summed E-state index contributed by atoms with van der Waals surface area (Å²) in [5.41, 5.74) is 2.06. The molecule has 0 aliphatic carbocycles. The van der Waals surface area contributed by atoms with Gasteiger partial charge >= 0.3 is 5.97 Å². The zero-order valence-electron chi connectivity index (χ0n) is 13.8. The van der Waals surface area contributed by atoms with Gasteiger partial charge in [-0.3, -0.25) is 0 Å². The molecule has 2 aromatic carbocycles. The second kappa shape index (κ2) is 7.43. The van der Waals surface area contributed by atoms with Crippen LogP contribution in [-0.2, 0) is 16.1 Å². The van der Waals surface area contributed by atoms with Crippen LogP contribution in [0.3, 0.4) is 0 Å². The van der Waals surface area contributed by atoms with Crippen molar-refractivity contribution < 1.29 is 18.5 Å². The molecule has 134 valence electrons. The molecule has 0 atom stereocenters. The maximum atomic E-state index is 11.8. The molecule has 27 heavy (non-hydrogen) atoms. The van der Waals surface area contributed by atoms with Gasteiger partial charge in [0.15, 0.2) is 12.2 Å². The van der Waals surface area contributed by atoms with E-state index in [0.717, 1.165) is 0 Å². The highest BCUT2D eigenvalue weighted by Crippen LogP contribution is 2.20. The van der Waals surface area contributed by atoms with Gasteiger partial charge in [0.1, 0.15) is 5.52 Å². The number of carbonyl (C=O) groups is 1. The third-order valence-corrected chi connectivity index (χ3v) is 3.80. The van der Waals surface area contributed by atoms with E-state index in [4.69, 9.17) is 25.3 Å². The maximum Gasteiger partial charge on any atom is 0.331 e. The predicted molar refractivity (Wildman–Crippen MR) is 97.6 cm³/mol. The standard InChI is InChI=1S/C19H12ClN3O4/c20-13-5-3-4-12(10-13)19-22-17(27-23-19)11-25-18(24)9-8-16-21-14-6-1-2-7-15(14)26-16/h1-10H,11H2/b9-8+. The van der Waals surface area contributed by atoms with Crippen LogP contribution in [0.4, 0.5) is 0 Å². The van der Waals surface area contributed by atoms with Gasteiger partial charge in [-0.05, 0) is 24.3 Å². The van der Waals surface area contributed by atoms with Gasteiger partial charge in [0, 0.05) is 22.7 Å². The van der Waals surface area contributed by atoms with Crippen molar-refractivity contribution in [3.05, 3.63) is 71.4 Å². The number of hydrogen-bond acceptors (Lipinski definition) is 7. The average Bonchev–Trinajstić information content (AvgIpc) is 3.31. The molecule has 0 bridgehead atoms. The second-order valence-electron chi connectivity index (χ2n) is 5.48. The minimum atomic E-state index is -0.584. The van der Waals surface area contributed by atoms with E-state index >= 15 is 0 Å². The van der Waals surface area contributed by atoms with Crippen LogP contribution in [0.1, 0.15) is 11.8 Å². The summed E-state index contributed by atoms with van der Waals surface area (Å²) in [5.74, 6) is 0.271. The van der Waals surface area contributed by atoms with Gasteiger partial charge in [-0.15, -0.1) is 0 Å². The Bertz CT molecular complexity index is 1100. The van der Waals surface area contributed by atoms with Crippen LogP contribution < -0.4 is 0 Å². The fourth-order valence-electron chi connectivity index (χ4n) is 2.34. The van der Waals surface area contributed by atoms with Crippen molar-refractivity contribution in [2.24, 2.45) is 0 Å². The Hall–Kier alpha value is -3.45. The lowest BCUT2D eigenvalue weighted by atomic mass is 10.2. The molecule has 8 heteroatoms. The van der Waals surface area contributed by atoms with Gasteiger partial charge in [-0.1, -0.05) is 41.0 Å². The number of nitrogens with zero attached hydrogens (tertiary/aromatic N) is 3. The van der Waals surface area contributed by atoms with Gasteiger partial charge in [0.25, 0.3) is 5.89 Å². The van der Waals surface area contributed by atoms with Gasteiger partial charge in [0.05, 0.1) is 0 Å². The largest absolute Gasteiger partial charge is 0.452 e. The number of halogens is 1. The van der Waals surface area contributed by atoms with E-state index in [1.807, 2.05) is 18.2 Å². The number of hydrogen-bond donors (Lipinski definition) is 0. The summed E-state index contributed by atoms with van der Waals surface area (Å²) in [6, 6.07) is 14.4. The zero-order chi connectivity index (χ0) is 18.6. The Kier molecular flexibility index (Phi) is 4.67. The Morgan fingerprint density at radius 1 is 1.15 bits per heavy atom. The van der Waals surface area contributed by atoms with E-state index in [1.54, 1.807) is 30.3 Å². The van der Waals surface area contributed by atoms with Crippen LogP contribution in [-0.4, -0.2) is 21.1 Å². The Labute approximate surface area is 158 Å². The predicted octanol–water partition coefficient (Wildman–Crippen LogP) is 4.29. The van der Waals surface area contributed by atoms with E-state index in [2.05, 4.69) is 15.1 Å². The number of carbonyl (C=O) groups excluding carboxylic acids is 1. The molecule has 0 aliphatic rings. The molecule has 0 aliphatic heterocycles. The van der Waals surface area contributed by atoms with Crippen molar-refractivity contribution in [3.63, 3.8) is 0 Å². The van der Waals surface area contributed by atoms with E-state index in [0.29, 0.717) is 33.4 Å². The van der Waals surface area contributed by atoms with Crippen LogP contribution in [0.25, 0.3) is 28.6 Å². The fourth-order valence-corrected chi connectivity index (χ4v) is 2.53. The van der Waals surface area contributed by atoms with Crippen molar-refractivity contribution in [3.8, 4) is 11.4 Å². The summed E-state index contributed by atoms with van der Waals surface area (Å²) in [7, 11) is 0. The van der Waals surface area contributed by atoms with Crippen LogP contribution in [0.2, 0.25) is 5.02 Å². The topological polar surface area (TPSA) is 91.2 Å². The molecule has 0 amide bonds. The highest BCUT2D eigenvalue weighted by molar-refractivity contribution is 6.30. The number of aromatic nitrogens is 3. The summed E-state index contributed by atoms with van der Waals surface area (Å²) < 4.78 is 15.6. The smallest absolute Gasteiger partial charge is 0.331 e. The van der Waals surface area contributed by atoms with Crippen LogP contribution >= 0.6 is 11.6 Å². The van der Waals surface area contributed by atoms with Crippen molar-refractivity contribution in [2.75, 3.05) is 0 Å². The lowest BCUT2D eigenvalue weighted by Gasteiger charge is -1.96. The van der Waals surface area contributed by atoms with Crippen molar-refractivity contribution in [1.29, 1.82) is 0 Å². The van der Waals surface area contributed by atoms with Gasteiger partial charge < -0.3 is 13.7 Å². The summed E-state index contributed by atoms with van der Waals surface area (Å²) in [6.07, 6.45) is 2.66. The molecule has 2 heterocycles. The summed E-state index contributed by atoms with van der Waals surface area (Å²) in [5, 5.41) is 4.41. The van der Waals surface area contributed by atoms with Gasteiger partial charge in [-0.25, -0.2) is 9.78 Å². The van der Waals surface area contributed by atoms with E-state index in [9.17, 15) is 4.79 Å². The summed E-state index contributed by atoms with van der Waals surface area (Å²) in [6.45, 7) is -0.149. The first-order chi connectivity index (χ1) is 13.2. The molecule has 2 aromatic heterocycles. The fraction of sp³-hybridized carbons (Fsp3) is 0.0526. The first-order valence-electron chi connectivity index (χ1n) is 7.96. The van der Waals surface area contributed by atoms with Gasteiger partial charge in [0.2, 0.25) is 11.7 Å². The Morgan fingerprint density at radius 2 is 2.04 bits per heavy atom. The number of rotatable bonds is 5. The van der Waals surface area contributed by atoms with Crippen molar-refractivity contribution in [1.82, 2.24) is 15.1 Å². The second-order valence-corrected chi connectivity index (χ2v) is 5.92. The SMILES string of the molecule is O=C(/C=C/c1nc2ccccc2o1)OCc1nc(-c2cccc(Cl)c2)no1. The minimum absolute atomic E-state index is 0.149. The molecular weight excluding hydrogens is 370 g/mol. The summed E-state index contributed by atoms with van der Waals surface area (Å²) >= 11 is 5.94. The molecular formula is C19H12ClN3O4. The first-order valence-corrected chi connectivity index (χ1v) is 8.34. The normalized spacial score (nSPS) is 11.3. The van der Waals surface area contributed by atoms with Gasteiger partial charge in [-0.2, -0.15) is 4.98 Å². The highest BCUT2D eigenvalue weighted by Gasteiger charge is 2.11. The number of fused-ring (bicyclic) bond motifs is 1. The quantitative estimate of drug-likeness (QED) is 0.376. The molecule has 0 fully saturated rings. The zero-order valence-corrected chi connectivity index (χ0v) is 14.6. The number of oxazole rings is 1. The lowest BCUT2D eigenvalue weighted by molar-refractivity contribution is -0.139. The molecule has 7 nitrogen and oxygen atoms in total. The highest BCUT2D eigenvalue weighted by atomic mass is 35.5. The molecule has 0 unspecified atom stereocenters.